The largest absolute Gasteiger partial charge is 0.394 e. The van der Waals surface area contributed by atoms with Crippen LogP contribution in [0.4, 0.5) is 0 Å². The maximum atomic E-state index is 10.9. The fraction of sp³-hybridized carbons (Fsp3) is 1.00. The van der Waals surface area contributed by atoms with E-state index in [9.17, 15) is 4.57 Å². The molecule has 6 nitrogen and oxygen atoms in total. The number of hydrogen-bond donors (Lipinski definition) is 4. The summed E-state index contributed by atoms with van der Waals surface area (Å²) in [5.41, 5.74) is 5.12. The van der Waals surface area contributed by atoms with Crippen LogP contribution in [0.1, 0.15) is 6.92 Å². The van der Waals surface area contributed by atoms with Crippen molar-refractivity contribution in [3.05, 3.63) is 0 Å². The highest BCUT2D eigenvalue weighted by Gasteiger charge is 2.25. The Bertz CT molecular complexity index is 173. The van der Waals surface area contributed by atoms with Crippen molar-refractivity contribution in [3.63, 3.8) is 0 Å². The molecule has 3 atom stereocenters. The first-order valence-electron chi connectivity index (χ1n) is 3.41. The molecule has 0 aromatic heterocycles. The van der Waals surface area contributed by atoms with Gasteiger partial charge in [0.15, 0.2) is 0 Å². The van der Waals surface area contributed by atoms with E-state index in [4.69, 9.17) is 20.8 Å². The molecule has 0 heterocycles. The third-order valence-electron chi connectivity index (χ3n) is 1.18. The van der Waals surface area contributed by atoms with E-state index in [0.717, 1.165) is 0 Å². The van der Waals surface area contributed by atoms with Gasteiger partial charge in [-0.05, 0) is 6.92 Å². The van der Waals surface area contributed by atoms with E-state index in [2.05, 4.69) is 4.52 Å². The van der Waals surface area contributed by atoms with Crippen LogP contribution in [-0.4, -0.2) is 40.2 Å². The minimum atomic E-state index is -3.82. The molecule has 0 aliphatic carbocycles. The SMILES string of the molecule is CC(N)P(=O)(O)OCC(O)CO. The van der Waals surface area contributed by atoms with Crippen LogP contribution in [0.25, 0.3) is 0 Å². The van der Waals surface area contributed by atoms with Crippen molar-refractivity contribution in [2.24, 2.45) is 5.73 Å². The molecule has 3 unspecified atom stereocenters. The van der Waals surface area contributed by atoms with Crippen molar-refractivity contribution in [3.8, 4) is 0 Å². The normalized spacial score (nSPS) is 21.4. The molecule has 0 saturated heterocycles. The number of nitrogens with two attached hydrogens (primary N) is 1. The molecule has 74 valence electrons. The van der Waals surface area contributed by atoms with Crippen LogP contribution in [-0.2, 0) is 9.09 Å². The molecule has 0 spiro atoms. The van der Waals surface area contributed by atoms with Crippen LogP contribution in [0.15, 0.2) is 0 Å². The summed E-state index contributed by atoms with van der Waals surface area (Å²) in [7, 11) is -3.82. The lowest BCUT2D eigenvalue weighted by molar-refractivity contribution is 0.0489. The quantitative estimate of drug-likeness (QED) is 0.416. The smallest absolute Gasteiger partial charge is 0.344 e. The van der Waals surface area contributed by atoms with Crippen LogP contribution in [0.2, 0.25) is 0 Å². The second-order valence-corrected chi connectivity index (χ2v) is 4.64. The Morgan fingerprint density at radius 1 is 1.67 bits per heavy atom. The first kappa shape index (κ1) is 12.0. The van der Waals surface area contributed by atoms with Crippen molar-refractivity contribution >= 4 is 7.60 Å². The van der Waals surface area contributed by atoms with E-state index in [1.807, 2.05) is 0 Å². The van der Waals surface area contributed by atoms with Crippen LogP contribution in [0.5, 0.6) is 0 Å². The van der Waals surface area contributed by atoms with E-state index in [-0.39, 0.29) is 0 Å². The molecule has 0 fully saturated rings. The van der Waals surface area contributed by atoms with Crippen molar-refractivity contribution in [2.45, 2.75) is 18.8 Å². The Balaban J connectivity index is 3.84. The minimum absolute atomic E-state index is 0.397. The summed E-state index contributed by atoms with van der Waals surface area (Å²) in [6.45, 7) is 0.414. The third-order valence-corrected chi connectivity index (χ3v) is 2.73. The molecule has 5 N–H and O–H groups in total. The molecule has 0 aromatic rings. The summed E-state index contributed by atoms with van der Waals surface area (Å²) in [6, 6.07) is 0. The molecule has 0 aliphatic heterocycles. The average Bonchev–Trinajstić information content (AvgIpc) is 2.00. The van der Waals surface area contributed by atoms with Gasteiger partial charge in [0.25, 0.3) is 0 Å². The summed E-state index contributed by atoms with van der Waals surface area (Å²) >= 11 is 0. The van der Waals surface area contributed by atoms with Gasteiger partial charge in [0.05, 0.1) is 13.2 Å². The Morgan fingerprint density at radius 3 is 2.50 bits per heavy atom. The maximum Gasteiger partial charge on any atom is 0.344 e. The molecule has 0 amide bonds. The molecular weight excluding hydrogens is 185 g/mol. The van der Waals surface area contributed by atoms with Crippen LogP contribution < -0.4 is 5.73 Å². The standard InChI is InChI=1S/C5H14NO5P/c1-4(6)12(9,10)11-3-5(8)2-7/h4-5,7-8H,2-3,6H2,1H3,(H,9,10). The highest BCUT2D eigenvalue weighted by Crippen LogP contribution is 2.44. The average molecular weight is 199 g/mol. The van der Waals surface area contributed by atoms with Gasteiger partial charge in [-0.25, -0.2) is 0 Å². The summed E-state index contributed by atoms with van der Waals surface area (Å²) in [5.74, 6) is -0.997. The Labute approximate surface area is 70.5 Å². The van der Waals surface area contributed by atoms with Gasteiger partial charge in [0.1, 0.15) is 11.9 Å². The number of aliphatic hydroxyl groups is 2. The Kier molecular flexibility index (Phi) is 4.92. The molecule has 0 aromatic carbocycles. The van der Waals surface area contributed by atoms with E-state index in [1.54, 1.807) is 0 Å². The van der Waals surface area contributed by atoms with Gasteiger partial charge in [-0.1, -0.05) is 0 Å². The van der Waals surface area contributed by atoms with Gasteiger partial charge < -0.3 is 25.4 Å². The predicted molar refractivity (Wildman–Crippen MR) is 42.5 cm³/mol. The summed E-state index contributed by atoms with van der Waals surface area (Å²) < 4.78 is 15.4. The molecule has 0 rings (SSSR count). The van der Waals surface area contributed by atoms with E-state index in [1.165, 1.54) is 6.92 Å². The van der Waals surface area contributed by atoms with Gasteiger partial charge in [-0.3, -0.25) is 4.57 Å². The van der Waals surface area contributed by atoms with Crippen molar-refractivity contribution in [1.29, 1.82) is 0 Å². The topological polar surface area (TPSA) is 113 Å². The van der Waals surface area contributed by atoms with E-state index < -0.39 is 32.7 Å². The van der Waals surface area contributed by atoms with Gasteiger partial charge in [-0.15, -0.1) is 0 Å². The lowest BCUT2D eigenvalue weighted by Crippen LogP contribution is -2.23. The minimum Gasteiger partial charge on any atom is -0.394 e. The zero-order valence-corrected chi connectivity index (χ0v) is 7.65. The summed E-state index contributed by atoms with van der Waals surface area (Å²) in [4.78, 5) is 8.95. The molecular formula is C5H14NO5P. The van der Waals surface area contributed by atoms with E-state index >= 15 is 0 Å². The fourth-order valence-electron chi connectivity index (χ4n) is 0.363. The highest BCUT2D eigenvalue weighted by atomic mass is 31.2. The lowest BCUT2D eigenvalue weighted by atomic mass is 10.4. The predicted octanol–water partition coefficient (Wildman–Crippen LogP) is -1.15. The molecule has 0 aliphatic rings. The zero-order chi connectivity index (χ0) is 9.78. The van der Waals surface area contributed by atoms with Gasteiger partial charge in [0, 0.05) is 0 Å². The van der Waals surface area contributed by atoms with Gasteiger partial charge in [0.2, 0.25) is 0 Å². The zero-order valence-electron chi connectivity index (χ0n) is 6.75. The van der Waals surface area contributed by atoms with Crippen molar-refractivity contribution in [2.75, 3.05) is 13.2 Å². The van der Waals surface area contributed by atoms with Gasteiger partial charge >= 0.3 is 7.60 Å². The first-order chi connectivity index (χ1) is 5.40. The second-order valence-electron chi connectivity index (χ2n) is 2.44. The fourth-order valence-corrected chi connectivity index (χ4v) is 0.984. The Hall–Kier alpha value is 0.0300. The molecule has 0 bridgehead atoms. The highest BCUT2D eigenvalue weighted by molar-refractivity contribution is 7.53. The van der Waals surface area contributed by atoms with Crippen LogP contribution in [0.3, 0.4) is 0 Å². The number of hydrogen-bond acceptors (Lipinski definition) is 5. The van der Waals surface area contributed by atoms with Crippen LogP contribution in [0, 0.1) is 0 Å². The summed E-state index contributed by atoms with van der Waals surface area (Å²) in [5, 5.41) is 17.1. The summed E-state index contributed by atoms with van der Waals surface area (Å²) in [6.07, 6.45) is -1.15. The van der Waals surface area contributed by atoms with E-state index in [0.29, 0.717) is 0 Å². The second kappa shape index (κ2) is 4.91. The molecule has 0 saturated carbocycles. The lowest BCUT2D eigenvalue weighted by Gasteiger charge is -2.16. The van der Waals surface area contributed by atoms with Crippen molar-refractivity contribution in [1.82, 2.24) is 0 Å². The molecule has 12 heavy (non-hydrogen) atoms. The van der Waals surface area contributed by atoms with Crippen molar-refractivity contribution < 1.29 is 24.2 Å². The molecule has 0 radical (unpaired) electrons. The monoisotopic (exact) mass is 199 g/mol. The van der Waals surface area contributed by atoms with Gasteiger partial charge in [-0.2, -0.15) is 0 Å². The van der Waals surface area contributed by atoms with Crippen LogP contribution >= 0.6 is 7.60 Å². The third kappa shape index (κ3) is 4.15. The molecule has 7 heteroatoms. The first-order valence-corrected chi connectivity index (χ1v) is 5.06. The number of rotatable bonds is 5. The Morgan fingerprint density at radius 2 is 2.17 bits per heavy atom. The number of aliphatic hydroxyl groups excluding tert-OH is 2. The maximum absolute atomic E-state index is 10.9.